The average molecular weight is 248 g/mol. The summed E-state index contributed by atoms with van der Waals surface area (Å²) in [6.45, 7) is 0. The summed E-state index contributed by atoms with van der Waals surface area (Å²) >= 11 is 0. The predicted molar refractivity (Wildman–Crippen MR) is 69.1 cm³/mol. The Morgan fingerprint density at radius 2 is 2.00 bits per heavy atom. The predicted octanol–water partition coefficient (Wildman–Crippen LogP) is 3.00. The SMILES string of the molecule is O=C(O)[C@@H]1CCC[C@H](CC(O)c2ccccc2)C1. The van der Waals surface area contributed by atoms with E-state index in [1.54, 1.807) is 0 Å². The molecule has 1 saturated carbocycles. The van der Waals surface area contributed by atoms with E-state index >= 15 is 0 Å². The molecule has 3 atom stereocenters. The van der Waals surface area contributed by atoms with Crippen molar-refractivity contribution in [1.82, 2.24) is 0 Å². The van der Waals surface area contributed by atoms with Crippen molar-refractivity contribution < 1.29 is 15.0 Å². The number of carbonyl (C=O) groups is 1. The molecule has 1 fully saturated rings. The van der Waals surface area contributed by atoms with Gasteiger partial charge in [0.15, 0.2) is 0 Å². The number of aliphatic hydroxyl groups is 1. The highest BCUT2D eigenvalue weighted by atomic mass is 16.4. The van der Waals surface area contributed by atoms with Gasteiger partial charge in [-0.15, -0.1) is 0 Å². The maximum atomic E-state index is 11.0. The number of carboxylic acids is 1. The van der Waals surface area contributed by atoms with Crippen LogP contribution in [0.15, 0.2) is 30.3 Å². The second-order valence-electron chi connectivity index (χ2n) is 5.23. The van der Waals surface area contributed by atoms with Crippen molar-refractivity contribution in [3.63, 3.8) is 0 Å². The highest BCUT2D eigenvalue weighted by molar-refractivity contribution is 5.70. The van der Waals surface area contributed by atoms with Crippen LogP contribution in [0.25, 0.3) is 0 Å². The fourth-order valence-electron chi connectivity index (χ4n) is 2.86. The van der Waals surface area contributed by atoms with Crippen LogP contribution in [0.2, 0.25) is 0 Å². The molecule has 0 heterocycles. The lowest BCUT2D eigenvalue weighted by molar-refractivity contribution is -0.143. The quantitative estimate of drug-likeness (QED) is 0.861. The Kier molecular flexibility index (Phi) is 4.37. The van der Waals surface area contributed by atoms with E-state index in [1.807, 2.05) is 30.3 Å². The first-order valence-corrected chi connectivity index (χ1v) is 6.62. The fraction of sp³-hybridized carbons (Fsp3) is 0.533. The van der Waals surface area contributed by atoms with Gasteiger partial charge < -0.3 is 10.2 Å². The lowest BCUT2D eigenvalue weighted by Gasteiger charge is -2.28. The molecule has 1 aliphatic carbocycles. The molecule has 1 aliphatic rings. The van der Waals surface area contributed by atoms with Crippen molar-refractivity contribution in [2.75, 3.05) is 0 Å². The van der Waals surface area contributed by atoms with Crippen molar-refractivity contribution in [3.05, 3.63) is 35.9 Å². The topological polar surface area (TPSA) is 57.5 Å². The molecule has 0 aromatic heterocycles. The first kappa shape index (κ1) is 13.1. The fourth-order valence-corrected chi connectivity index (χ4v) is 2.86. The van der Waals surface area contributed by atoms with Gasteiger partial charge in [0.05, 0.1) is 12.0 Å². The average Bonchev–Trinajstić information content (AvgIpc) is 2.40. The molecule has 1 aromatic rings. The number of hydrogen-bond acceptors (Lipinski definition) is 2. The van der Waals surface area contributed by atoms with E-state index < -0.39 is 12.1 Å². The molecule has 2 N–H and O–H groups in total. The van der Waals surface area contributed by atoms with E-state index in [2.05, 4.69) is 0 Å². The van der Waals surface area contributed by atoms with Crippen LogP contribution in [0.3, 0.4) is 0 Å². The van der Waals surface area contributed by atoms with Gasteiger partial charge in [0.2, 0.25) is 0 Å². The van der Waals surface area contributed by atoms with Crippen LogP contribution in [0.4, 0.5) is 0 Å². The third-order valence-electron chi connectivity index (χ3n) is 3.87. The molecule has 1 unspecified atom stereocenters. The summed E-state index contributed by atoms with van der Waals surface area (Å²) in [6, 6.07) is 9.60. The van der Waals surface area contributed by atoms with E-state index in [9.17, 15) is 9.90 Å². The van der Waals surface area contributed by atoms with Crippen molar-refractivity contribution in [1.29, 1.82) is 0 Å². The number of aliphatic carboxylic acids is 1. The summed E-state index contributed by atoms with van der Waals surface area (Å²) in [6.07, 6.45) is 3.70. The van der Waals surface area contributed by atoms with E-state index in [-0.39, 0.29) is 5.92 Å². The Hall–Kier alpha value is -1.35. The number of benzene rings is 1. The minimum atomic E-state index is -0.686. The Morgan fingerprint density at radius 1 is 1.28 bits per heavy atom. The van der Waals surface area contributed by atoms with Crippen LogP contribution in [-0.4, -0.2) is 16.2 Å². The van der Waals surface area contributed by atoms with E-state index in [1.165, 1.54) is 0 Å². The molecule has 0 spiro atoms. The summed E-state index contributed by atoms with van der Waals surface area (Å²) in [5, 5.41) is 19.2. The molecule has 0 radical (unpaired) electrons. The first-order chi connectivity index (χ1) is 8.66. The van der Waals surface area contributed by atoms with Gasteiger partial charge in [-0.1, -0.05) is 43.2 Å². The molecular weight excluding hydrogens is 228 g/mol. The van der Waals surface area contributed by atoms with Gasteiger partial charge in [0.25, 0.3) is 0 Å². The van der Waals surface area contributed by atoms with Gasteiger partial charge in [0.1, 0.15) is 0 Å². The molecule has 0 bridgehead atoms. The van der Waals surface area contributed by atoms with Crippen molar-refractivity contribution in [2.24, 2.45) is 11.8 Å². The molecule has 2 rings (SSSR count). The number of hydrogen-bond donors (Lipinski definition) is 2. The molecule has 0 saturated heterocycles. The molecule has 18 heavy (non-hydrogen) atoms. The van der Waals surface area contributed by atoms with Crippen LogP contribution in [0, 0.1) is 11.8 Å². The zero-order valence-electron chi connectivity index (χ0n) is 10.5. The van der Waals surface area contributed by atoms with Gasteiger partial charge in [0, 0.05) is 0 Å². The summed E-state index contributed by atoms with van der Waals surface area (Å²) in [5.41, 5.74) is 0.926. The van der Waals surface area contributed by atoms with Crippen molar-refractivity contribution in [2.45, 2.75) is 38.2 Å². The minimum absolute atomic E-state index is 0.216. The Balaban J connectivity index is 1.91. The zero-order valence-corrected chi connectivity index (χ0v) is 10.5. The highest BCUT2D eigenvalue weighted by Crippen LogP contribution is 2.35. The summed E-state index contributed by atoms with van der Waals surface area (Å²) in [5.74, 6) is -0.573. The molecule has 98 valence electrons. The van der Waals surface area contributed by atoms with Crippen LogP contribution in [0.1, 0.15) is 43.8 Å². The van der Waals surface area contributed by atoms with Crippen LogP contribution in [-0.2, 0) is 4.79 Å². The lowest BCUT2D eigenvalue weighted by Crippen LogP contribution is -2.23. The maximum absolute atomic E-state index is 11.0. The largest absolute Gasteiger partial charge is 0.481 e. The second-order valence-corrected chi connectivity index (χ2v) is 5.23. The van der Waals surface area contributed by atoms with E-state index in [0.29, 0.717) is 18.8 Å². The normalized spacial score (nSPS) is 25.6. The highest BCUT2D eigenvalue weighted by Gasteiger charge is 2.28. The molecule has 1 aromatic carbocycles. The monoisotopic (exact) mass is 248 g/mol. The van der Waals surface area contributed by atoms with Crippen LogP contribution >= 0.6 is 0 Å². The smallest absolute Gasteiger partial charge is 0.306 e. The minimum Gasteiger partial charge on any atom is -0.481 e. The van der Waals surface area contributed by atoms with E-state index in [4.69, 9.17) is 5.11 Å². The summed E-state index contributed by atoms with van der Waals surface area (Å²) in [4.78, 5) is 11.0. The van der Waals surface area contributed by atoms with Crippen LogP contribution in [0.5, 0.6) is 0 Å². The second kappa shape index (κ2) is 6.01. The van der Waals surface area contributed by atoms with Crippen LogP contribution < -0.4 is 0 Å². The third kappa shape index (κ3) is 3.33. The first-order valence-electron chi connectivity index (χ1n) is 6.62. The molecule has 3 heteroatoms. The van der Waals surface area contributed by atoms with Gasteiger partial charge in [-0.2, -0.15) is 0 Å². The van der Waals surface area contributed by atoms with Gasteiger partial charge in [-0.25, -0.2) is 0 Å². The number of rotatable bonds is 4. The molecule has 3 nitrogen and oxygen atoms in total. The van der Waals surface area contributed by atoms with Gasteiger partial charge in [-0.3, -0.25) is 4.79 Å². The summed E-state index contributed by atoms with van der Waals surface area (Å²) < 4.78 is 0. The number of carboxylic acid groups (broad SMARTS) is 1. The zero-order chi connectivity index (χ0) is 13.0. The summed E-state index contributed by atoms with van der Waals surface area (Å²) in [7, 11) is 0. The Morgan fingerprint density at radius 3 is 2.67 bits per heavy atom. The standard InChI is InChI=1S/C15H20O3/c16-14(12-6-2-1-3-7-12)10-11-5-4-8-13(9-11)15(17)18/h1-3,6-7,11,13-14,16H,4-5,8-10H2,(H,17,18)/t11-,13+,14?/m0/s1. The van der Waals surface area contributed by atoms with Gasteiger partial charge >= 0.3 is 5.97 Å². The maximum Gasteiger partial charge on any atom is 0.306 e. The van der Waals surface area contributed by atoms with Crippen molar-refractivity contribution >= 4 is 5.97 Å². The third-order valence-corrected chi connectivity index (χ3v) is 3.87. The number of aliphatic hydroxyl groups excluding tert-OH is 1. The molecule has 0 aliphatic heterocycles. The lowest BCUT2D eigenvalue weighted by atomic mass is 9.78. The van der Waals surface area contributed by atoms with E-state index in [0.717, 1.165) is 24.8 Å². The Labute approximate surface area is 107 Å². The molecule has 0 amide bonds. The van der Waals surface area contributed by atoms with Gasteiger partial charge in [-0.05, 0) is 30.7 Å². The molecular formula is C15H20O3. The van der Waals surface area contributed by atoms with Crippen molar-refractivity contribution in [3.8, 4) is 0 Å². The Bertz CT molecular complexity index is 388.